The molecule has 0 nitrogen and oxygen atoms in total. The summed E-state index contributed by atoms with van der Waals surface area (Å²) in [6.45, 7) is 4.48. The third kappa shape index (κ3) is 15.3. The fraction of sp³-hybridized carbons (Fsp3) is 0.500. The summed E-state index contributed by atoms with van der Waals surface area (Å²) < 4.78 is 0. The number of aryl methyl sites for hydroxylation is 2. The standard InChI is InChI=1S/2C10H15.2ClH.Ti/c2*1-2-3-4-7-10-8-5-6-9-10;;;/h2*5-6,8-9H,2-4,7H2,1H3;2*1H;/q2*-1;;;+4/p-2. The van der Waals surface area contributed by atoms with Gasteiger partial charge < -0.3 is 24.8 Å². The van der Waals surface area contributed by atoms with Gasteiger partial charge in [0.15, 0.2) is 0 Å². The number of unbranched alkanes of at least 4 members (excludes halogenated alkanes) is 4. The van der Waals surface area contributed by atoms with Crippen molar-refractivity contribution in [3.05, 3.63) is 59.7 Å². The number of hydrogen-bond acceptors (Lipinski definition) is 0. The van der Waals surface area contributed by atoms with Crippen molar-refractivity contribution in [3.63, 3.8) is 0 Å². The molecule has 2 rings (SSSR count). The van der Waals surface area contributed by atoms with E-state index in [4.69, 9.17) is 0 Å². The normalized spacial score (nSPS) is 8.78. The predicted octanol–water partition coefficient (Wildman–Crippen LogP) is 0.282. The zero-order chi connectivity index (χ0) is 14.5. The molecular formula is C20H30Cl2Ti. The average Bonchev–Trinajstić information content (AvgIpc) is 3.13. The van der Waals surface area contributed by atoms with Crippen LogP contribution in [0.3, 0.4) is 0 Å². The van der Waals surface area contributed by atoms with E-state index in [1.54, 1.807) is 0 Å². The molecule has 0 bridgehead atoms. The molecule has 0 aliphatic heterocycles. The quantitative estimate of drug-likeness (QED) is 0.346. The molecule has 0 amide bonds. The molecule has 128 valence electrons. The van der Waals surface area contributed by atoms with Crippen LogP contribution in [0.5, 0.6) is 0 Å². The van der Waals surface area contributed by atoms with Gasteiger partial charge in [-0.3, -0.25) is 0 Å². The third-order valence-electron chi connectivity index (χ3n) is 3.60. The van der Waals surface area contributed by atoms with E-state index in [9.17, 15) is 0 Å². The van der Waals surface area contributed by atoms with Crippen molar-refractivity contribution in [1.29, 1.82) is 0 Å². The zero-order valence-corrected chi connectivity index (χ0v) is 17.6. The first-order chi connectivity index (χ1) is 9.86. The summed E-state index contributed by atoms with van der Waals surface area (Å²) in [6, 6.07) is 17.3. The molecule has 0 radical (unpaired) electrons. The monoisotopic (exact) mass is 388 g/mol. The molecular weight excluding hydrogens is 359 g/mol. The van der Waals surface area contributed by atoms with E-state index in [0.29, 0.717) is 0 Å². The van der Waals surface area contributed by atoms with Crippen LogP contribution < -0.4 is 24.8 Å². The zero-order valence-electron chi connectivity index (χ0n) is 14.5. The Kier molecular flexibility index (Phi) is 24.2. The molecule has 0 saturated carbocycles. The Labute approximate surface area is 170 Å². The van der Waals surface area contributed by atoms with Crippen LogP contribution in [0.25, 0.3) is 0 Å². The van der Waals surface area contributed by atoms with Crippen LogP contribution >= 0.6 is 0 Å². The Morgan fingerprint density at radius 2 is 1.09 bits per heavy atom. The van der Waals surface area contributed by atoms with Crippen molar-refractivity contribution in [2.75, 3.05) is 0 Å². The first kappa shape index (κ1) is 27.8. The molecule has 0 aliphatic rings. The molecule has 0 saturated heterocycles. The van der Waals surface area contributed by atoms with E-state index in [1.807, 2.05) is 0 Å². The molecule has 2 aromatic rings. The second-order valence-corrected chi connectivity index (χ2v) is 5.50. The molecule has 0 aromatic heterocycles. The van der Waals surface area contributed by atoms with E-state index in [0.717, 1.165) is 0 Å². The van der Waals surface area contributed by atoms with Crippen molar-refractivity contribution in [3.8, 4) is 0 Å². The van der Waals surface area contributed by atoms with Crippen molar-refractivity contribution >= 4 is 0 Å². The maximum Gasteiger partial charge on any atom is 4.00 e. The van der Waals surface area contributed by atoms with Crippen molar-refractivity contribution in [2.24, 2.45) is 0 Å². The Hall–Kier alpha value is -0.00571. The minimum absolute atomic E-state index is 0. The van der Waals surface area contributed by atoms with Crippen molar-refractivity contribution in [1.82, 2.24) is 0 Å². The Morgan fingerprint density at radius 3 is 1.35 bits per heavy atom. The first-order valence-electron chi connectivity index (χ1n) is 8.28. The van der Waals surface area contributed by atoms with Crippen LogP contribution in [0.15, 0.2) is 48.5 Å². The van der Waals surface area contributed by atoms with Gasteiger partial charge in [0.2, 0.25) is 0 Å². The Bertz CT molecular complexity index is 353. The number of hydrogen-bond donors (Lipinski definition) is 0. The second kappa shape index (κ2) is 20.0. The Balaban J connectivity index is -0.000000308. The minimum Gasteiger partial charge on any atom is -1.00 e. The summed E-state index contributed by atoms with van der Waals surface area (Å²) in [6.07, 6.45) is 10.6. The molecule has 0 aliphatic carbocycles. The minimum atomic E-state index is 0. The topological polar surface area (TPSA) is 0 Å². The van der Waals surface area contributed by atoms with E-state index < -0.39 is 0 Å². The summed E-state index contributed by atoms with van der Waals surface area (Å²) in [5.74, 6) is 0. The van der Waals surface area contributed by atoms with Crippen LogP contribution in [0.4, 0.5) is 0 Å². The van der Waals surface area contributed by atoms with E-state index in [1.165, 1.54) is 62.5 Å². The largest absolute Gasteiger partial charge is 4.00 e. The van der Waals surface area contributed by atoms with Crippen LogP contribution in [-0.4, -0.2) is 0 Å². The molecule has 0 heterocycles. The fourth-order valence-corrected chi connectivity index (χ4v) is 2.32. The van der Waals surface area contributed by atoms with Gasteiger partial charge in [0.05, 0.1) is 0 Å². The van der Waals surface area contributed by atoms with Gasteiger partial charge in [0.25, 0.3) is 0 Å². The maximum absolute atomic E-state index is 2.24. The molecule has 2 aromatic carbocycles. The van der Waals surface area contributed by atoms with Gasteiger partial charge in [-0.25, -0.2) is 24.3 Å². The van der Waals surface area contributed by atoms with Crippen LogP contribution in [0.2, 0.25) is 0 Å². The molecule has 0 unspecified atom stereocenters. The molecule has 0 atom stereocenters. The summed E-state index contributed by atoms with van der Waals surface area (Å²) in [5.41, 5.74) is 2.99. The summed E-state index contributed by atoms with van der Waals surface area (Å²) >= 11 is 0. The number of halogens is 2. The van der Waals surface area contributed by atoms with Gasteiger partial charge in [0, 0.05) is 0 Å². The molecule has 23 heavy (non-hydrogen) atoms. The van der Waals surface area contributed by atoms with E-state index in [2.05, 4.69) is 62.4 Å². The summed E-state index contributed by atoms with van der Waals surface area (Å²) in [7, 11) is 0. The fourth-order valence-electron chi connectivity index (χ4n) is 2.32. The number of rotatable bonds is 8. The van der Waals surface area contributed by atoms with Crippen LogP contribution in [0, 0.1) is 0 Å². The van der Waals surface area contributed by atoms with Gasteiger partial charge in [-0.05, 0) is 0 Å². The molecule has 3 heteroatoms. The van der Waals surface area contributed by atoms with Gasteiger partial charge in [-0.1, -0.05) is 65.2 Å². The molecule has 0 N–H and O–H groups in total. The summed E-state index contributed by atoms with van der Waals surface area (Å²) in [5, 5.41) is 0. The predicted molar refractivity (Wildman–Crippen MR) is 90.5 cm³/mol. The SMILES string of the molecule is CCCCCc1ccc[cH-]1.CCCCCc1ccc[cH-]1.[Cl-].[Cl-].[Ti+4]. The second-order valence-electron chi connectivity index (χ2n) is 5.50. The van der Waals surface area contributed by atoms with E-state index in [-0.39, 0.29) is 46.5 Å². The van der Waals surface area contributed by atoms with Gasteiger partial charge in [-0.2, -0.15) is 35.4 Å². The van der Waals surface area contributed by atoms with Gasteiger partial charge in [0.1, 0.15) is 0 Å². The van der Waals surface area contributed by atoms with Crippen LogP contribution in [-0.2, 0) is 34.6 Å². The van der Waals surface area contributed by atoms with E-state index >= 15 is 0 Å². The maximum atomic E-state index is 2.24. The molecule has 0 fully saturated rings. The van der Waals surface area contributed by atoms with Crippen LogP contribution in [0.1, 0.15) is 63.5 Å². The van der Waals surface area contributed by atoms with Gasteiger partial charge >= 0.3 is 21.7 Å². The first-order valence-corrected chi connectivity index (χ1v) is 8.28. The third-order valence-corrected chi connectivity index (χ3v) is 3.60. The summed E-state index contributed by atoms with van der Waals surface area (Å²) in [4.78, 5) is 0. The Morgan fingerprint density at radius 1 is 0.696 bits per heavy atom. The smallest absolute Gasteiger partial charge is 1.00 e. The molecule has 0 spiro atoms. The van der Waals surface area contributed by atoms with Crippen molar-refractivity contribution in [2.45, 2.75) is 65.2 Å². The van der Waals surface area contributed by atoms with Crippen molar-refractivity contribution < 1.29 is 46.5 Å². The van der Waals surface area contributed by atoms with Gasteiger partial charge in [-0.15, -0.1) is 0 Å². The average molecular weight is 389 g/mol.